The monoisotopic (exact) mass is 392 g/mol. The Morgan fingerprint density at radius 3 is 2.76 bits per heavy atom. The fourth-order valence-corrected chi connectivity index (χ4v) is 3.81. The van der Waals surface area contributed by atoms with Crippen LogP contribution in [0.25, 0.3) is 11.2 Å². The van der Waals surface area contributed by atoms with Gasteiger partial charge in [0.2, 0.25) is 0 Å². The molecule has 10 heteroatoms. The lowest BCUT2D eigenvalue weighted by atomic mass is 9.95. The molecule has 1 aliphatic carbocycles. The Morgan fingerprint density at radius 1 is 1.21 bits per heavy atom. The van der Waals surface area contributed by atoms with Crippen LogP contribution in [-0.4, -0.2) is 52.3 Å². The van der Waals surface area contributed by atoms with Crippen molar-refractivity contribution in [3.63, 3.8) is 0 Å². The van der Waals surface area contributed by atoms with Crippen LogP contribution < -0.4 is 4.90 Å². The second kappa shape index (κ2) is 6.47. The summed E-state index contributed by atoms with van der Waals surface area (Å²) in [6.45, 7) is 7.59. The summed E-state index contributed by atoms with van der Waals surface area (Å²) in [6, 6.07) is 2.64. The minimum atomic E-state index is -0.227. The van der Waals surface area contributed by atoms with Crippen LogP contribution in [-0.2, 0) is 12.0 Å². The molecule has 4 heterocycles. The average Bonchev–Trinajstić information content (AvgIpc) is 3.09. The van der Waals surface area contributed by atoms with Crippen molar-refractivity contribution in [2.24, 2.45) is 0 Å². The van der Waals surface area contributed by atoms with Crippen molar-refractivity contribution in [1.29, 1.82) is 5.26 Å². The number of fused-ring (bicyclic) bond motifs is 1. The molecule has 1 atom stereocenters. The Bertz CT molecular complexity index is 1090. The van der Waals surface area contributed by atoms with Gasteiger partial charge in [0.05, 0.1) is 25.0 Å². The third-order valence-corrected chi connectivity index (χ3v) is 5.56. The molecule has 3 aromatic heterocycles. The van der Waals surface area contributed by atoms with Gasteiger partial charge in [0, 0.05) is 12.0 Å². The normalized spacial score (nSPS) is 19.8. The van der Waals surface area contributed by atoms with Crippen molar-refractivity contribution in [1.82, 2.24) is 39.7 Å². The summed E-state index contributed by atoms with van der Waals surface area (Å²) < 4.78 is 3.89. The number of hydrogen-bond acceptors (Lipinski definition) is 8. The van der Waals surface area contributed by atoms with E-state index in [-0.39, 0.29) is 11.5 Å². The zero-order valence-corrected chi connectivity index (χ0v) is 16.9. The van der Waals surface area contributed by atoms with Crippen molar-refractivity contribution < 1.29 is 0 Å². The molecule has 150 valence electrons. The third-order valence-electron chi connectivity index (χ3n) is 5.56. The summed E-state index contributed by atoms with van der Waals surface area (Å²) in [6.07, 6.45) is 5.84. The van der Waals surface area contributed by atoms with Crippen LogP contribution in [0, 0.1) is 11.3 Å². The van der Waals surface area contributed by atoms with Crippen LogP contribution in [0.1, 0.15) is 64.1 Å². The minimum Gasteiger partial charge on any atom is -0.339 e. The Labute approximate surface area is 168 Å². The van der Waals surface area contributed by atoms with E-state index in [1.165, 1.54) is 0 Å². The van der Waals surface area contributed by atoms with Gasteiger partial charge in [-0.05, 0) is 36.1 Å². The lowest BCUT2D eigenvalue weighted by Crippen LogP contribution is -2.30. The van der Waals surface area contributed by atoms with E-state index in [0.717, 1.165) is 60.9 Å². The van der Waals surface area contributed by atoms with Gasteiger partial charge in [-0.3, -0.25) is 0 Å². The van der Waals surface area contributed by atoms with E-state index in [4.69, 9.17) is 9.97 Å². The molecule has 0 spiro atoms. The molecule has 0 radical (unpaired) electrons. The van der Waals surface area contributed by atoms with Crippen molar-refractivity contribution in [2.75, 3.05) is 11.4 Å². The van der Waals surface area contributed by atoms with Gasteiger partial charge >= 0.3 is 0 Å². The summed E-state index contributed by atoms with van der Waals surface area (Å²) in [7, 11) is 0. The van der Waals surface area contributed by atoms with E-state index in [1.807, 2.05) is 9.25 Å². The van der Waals surface area contributed by atoms with Gasteiger partial charge < -0.3 is 9.47 Å². The number of imidazole rings is 1. The molecule has 2 fully saturated rings. The van der Waals surface area contributed by atoms with Crippen LogP contribution in [0.4, 0.5) is 5.82 Å². The molecule has 5 rings (SSSR count). The minimum absolute atomic E-state index is 0.173. The number of hydrogen-bond donors (Lipinski definition) is 0. The molecule has 0 aromatic carbocycles. The summed E-state index contributed by atoms with van der Waals surface area (Å²) >= 11 is 0. The van der Waals surface area contributed by atoms with E-state index in [0.29, 0.717) is 12.6 Å². The lowest BCUT2D eigenvalue weighted by molar-refractivity contribution is 0.544. The van der Waals surface area contributed by atoms with Gasteiger partial charge in [-0.25, -0.2) is 19.6 Å². The fourth-order valence-electron chi connectivity index (χ4n) is 3.81. The molecule has 1 saturated heterocycles. The summed E-state index contributed by atoms with van der Waals surface area (Å²) in [4.78, 5) is 16.4. The second-order valence-corrected chi connectivity index (χ2v) is 8.92. The fraction of sp³-hybridized carbons (Fsp3) is 0.632. The summed E-state index contributed by atoms with van der Waals surface area (Å²) in [5.41, 5.74) is 1.26. The van der Waals surface area contributed by atoms with Gasteiger partial charge in [0.1, 0.15) is 11.9 Å². The van der Waals surface area contributed by atoms with E-state index in [1.54, 1.807) is 6.33 Å². The molecule has 0 N–H and O–H groups in total. The molecule has 0 unspecified atom stereocenters. The number of rotatable bonds is 4. The number of nitrogens with zero attached hydrogens (tertiary/aromatic N) is 10. The highest BCUT2D eigenvalue weighted by molar-refractivity contribution is 5.84. The molecule has 29 heavy (non-hydrogen) atoms. The van der Waals surface area contributed by atoms with E-state index < -0.39 is 0 Å². The molecular weight excluding hydrogens is 368 g/mol. The lowest BCUT2D eigenvalue weighted by Gasteiger charge is -2.24. The smallest absolute Gasteiger partial charge is 0.171 e. The van der Waals surface area contributed by atoms with Gasteiger partial charge in [0.25, 0.3) is 0 Å². The average molecular weight is 392 g/mol. The standard InChI is InChI=1S/C19H24N10/c1-19(2,3)18-22-16-15(17(23-18)28-8-4-5-13(28)9-20)21-11-27(16)10-14-24-25-26-29(14)12-6-7-12/h11-13H,4-8,10H2,1-3H3/t13-/m1/s1. The number of nitriles is 1. The molecule has 1 aliphatic heterocycles. The maximum atomic E-state index is 9.58. The summed E-state index contributed by atoms with van der Waals surface area (Å²) in [5, 5.41) is 21.8. The molecule has 2 aliphatic rings. The molecule has 3 aromatic rings. The first-order valence-electron chi connectivity index (χ1n) is 10.1. The predicted octanol–water partition coefficient (Wildman–Crippen LogP) is 1.99. The Hall–Kier alpha value is -3.09. The predicted molar refractivity (Wildman–Crippen MR) is 105 cm³/mol. The number of aromatic nitrogens is 8. The molecule has 1 saturated carbocycles. The second-order valence-electron chi connectivity index (χ2n) is 8.92. The van der Waals surface area contributed by atoms with E-state index in [9.17, 15) is 5.26 Å². The van der Waals surface area contributed by atoms with E-state index in [2.05, 4.69) is 52.2 Å². The number of anilines is 1. The van der Waals surface area contributed by atoms with Crippen LogP contribution in [0.15, 0.2) is 6.33 Å². The topological polar surface area (TPSA) is 114 Å². The van der Waals surface area contributed by atoms with E-state index >= 15 is 0 Å². The largest absolute Gasteiger partial charge is 0.339 e. The van der Waals surface area contributed by atoms with Crippen molar-refractivity contribution >= 4 is 17.0 Å². The zero-order chi connectivity index (χ0) is 20.2. The maximum Gasteiger partial charge on any atom is 0.171 e. The zero-order valence-electron chi connectivity index (χ0n) is 16.9. The SMILES string of the molecule is CC(C)(C)c1nc(N2CCC[C@@H]2C#N)c2ncn(Cc3nnnn3C3CC3)c2n1. The maximum absolute atomic E-state index is 9.58. The van der Waals surface area contributed by atoms with Gasteiger partial charge in [-0.15, -0.1) is 5.10 Å². The van der Waals surface area contributed by atoms with Crippen molar-refractivity contribution in [3.05, 3.63) is 18.0 Å². The Kier molecular flexibility index (Phi) is 4.01. The third kappa shape index (κ3) is 3.10. The molecule has 0 amide bonds. The highest BCUT2D eigenvalue weighted by atomic mass is 15.6. The Morgan fingerprint density at radius 2 is 2.03 bits per heavy atom. The Balaban J connectivity index is 1.62. The van der Waals surface area contributed by atoms with Crippen LogP contribution in [0.2, 0.25) is 0 Å². The quantitative estimate of drug-likeness (QED) is 0.662. The van der Waals surface area contributed by atoms with Crippen LogP contribution in [0.5, 0.6) is 0 Å². The number of tetrazole rings is 1. The molecule has 10 nitrogen and oxygen atoms in total. The van der Waals surface area contributed by atoms with Crippen molar-refractivity contribution in [2.45, 2.75) is 70.5 Å². The van der Waals surface area contributed by atoms with Gasteiger partial charge in [0.15, 0.2) is 22.8 Å². The first-order chi connectivity index (χ1) is 14.0. The molecular formula is C19H24N10. The highest BCUT2D eigenvalue weighted by Gasteiger charge is 2.31. The van der Waals surface area contributed by atoms with Crippen LogP contribution >= 0.6 is 0 Å². The van der Waals surface area contributed by atoms with Crippen molar-refractivity contribution in [3.8, 4) is 6.07 Å². The first-order valence-corrected chi connectivity index (χ1v) is 10.1. The van der Waals surface area contributed by atoms with Gasteiger partial charge in [-0.1, -0.05) is 20.8 Å². The highest BCUT2D eigenvalue weighted by Crippen LogP contribution is 2.35. The summed E-state index contributed by atoms with van der Waals surface area (Å²) in [5.74, 6) is 2.30. The van der Waals surface area contributed by atoms with Crippen LogP contribution in [0.3, 0.4) is 0 Å². The first kappa shape index (κ1) is 18.0. The van der Waals surface area contributed by atoms with Gasteiger partial charge in [-0.2, -0.15) is 5.26 Å². The molecule has 0 bridgehead atoms.